The molecule has 100 valence electrons. The number of pyridine rings is 1. The molecule has 0 spiro atoms. The lowest BCUT2D eigenvalue weighted by molar-refractivity contribution is 0.551. The van der Waals surface area contributed by atoms with Crippen LogP contribution in [-0.2, 0) is 0 Å². The van der Waals surface area contributed by atoms with E-state index in [2.05, 4.69) is 46.4 Å². The summed E-state index contributed by atoms with van der Waals surface area (Å²) in [6.07, 6.45) is 0. The largest absolute Gasteiger partial charge is 0.409 e. The molecular formula is C15H13N3OS. The van der Waals surface area contributed by atoms with Crippen LogP contribution in [-0.4, -0.2) is 15.2 Å². The highest BCUT2D eigenvalue weighted by Gasteiger charge is 2.10. The van der Waals surface area contributed by atoms with Crippen molar-refractivity contribution >= 4 is 12.2 Å². The number of aromatic nitrogens is 3. The van der Waals surface area contributed by atoms with Gasteiger partial charge < -0.3 is 4.42 Å². The minimum atomic E-state index is 0.266. The molecule has 1 aromatic carbocycles. The molecule has 3 rings (SSSR count). The summed E-state index contributed by atoms with van der Waals surface area (Å²) in [4.78, 5) is 4.88. The van der Waals surface area contributed by atoms with E-state index < -0.39 is 0 Å². The predicted octanol–water partition coefficient (Wildman–Crippen LogP) is 4.08. The number of aryl methyl sites for hydroxylation is 2. The van der Waals surface area contributed by atoms with E-state index in [1.54, 1.807) is 0 Å². The second-order valence-electron chi connectivity index (χ2n) is 4.61. The summed E-state index contributed by atoms with van der Waals surface area (Å²) < 4.78 is 5.32. The van der Waals surface area contributed by atoms with Crippen molar-refractivity contribution in [2.24, 2.45) is 0 Å². The van der Waals surface area contributed by atoms with Crippen LogP contribution in [0, 0.1) is 18.7 Å². The Hall–Kier alpha value is -2.27. The molecule has 0 saturated carbocycles. The fourth-order valence-electron chi connectivity index (χ4n) is 2.02. The molecule has 0 saturated heterocycles. The van der Waals surface area contributed by atoms with E-state index in [1.807, 2.05) is 19.1 Å². The Morgan fingerprint density at radius 3 is 2.40 bits per heavy atom. The Kier molecular flexibility index (Phi) is 3.20. The molecule has 0 unspecified atom stereocenters. The first-order chi connectivity index (χ1) is 9.63. The SMILES string of the molecule is Cc1ccc(-c2ccc(-c3n[nH]c(=S)o3)c(C)n2)cc1. The summed E-state index contributed by atoms with van der Waals surface area (Å²) in [6, 6.07) is 12.2. The molecule has 3 aromatic rings. The summed E-state index contributed by atoms with van der Waals surface area (Å²) in [5.41, 5.74) is 4.95. The number of hydrogen-bond acceptors (Lipinski definition) is 4. The molecule has 0 atom stereocenters. The molecule has 1 N–H and O–H groups in total. The van der Waals surface area contributed by atoms with Gasteiger partial charge in [-0.1, -0.05) is 29.8 Å². The van der Waals surface area contributed by atoms with Crippen LogP contribution in [0.15, 0.2) is 40.8 Å². The number of H-pyrrole nitrogens is 1. The van der Waals surface area contributed by atoms with E-state index in [0.29, 0.717) is 5.89 Å². The third-order valence-corrected chi connectivity index (χ3v) is 3.28. The number of hydrogen-bond donors (Lipinski definition) is 1. The van der Waals surface area contributed by atoms with Gasteiger partial charge in [0.25, 0.3) is 4.84 Å². The van der Waals surface area contributed by atoms with Crippen molar-refractivity contribution in [3.63, 3.8) is 0 Å². The van der Waals surface area contributed by atoms with Crippen molar-refractivity contribution in [2.45, 2.75) is 13.8 Å². The highest BCUT2D eigenvalue weighted by atomic mass is 32.1. The molecule has 20 heavy (non-hydrogen) atoms. The first-order valence-electron chi connectivity index (χ1n) is 6.24. The third-order valence-electron chi connectivity index (χ3n) is 3.10. The Labute approximate surface area is 121 Å². The first kappa shape index (κ1) is 12.7. The van der Waals surface area contributed by atoms with Crippen LogP contribution in [0.5, 0.6) is 0 Å². The molecule has 2 heterocycles. The van der Waals surface area contributed by atoms with Crippen LogP contribution < -0.4 is 0 Å². The van der Waals surface area contributed by atoms with Crippen molar-refractivity contribution in [2.75, 3.05) is 0 Å². The summed E-state index contributed by atoms with van der Waals surface area (Å²) in [5, 5.41) is 6.64. The highest BCUT2D eigenvalue weighted by Crippen LogP contribution is 2.24. The second-order valence-corrected chi connectivity index (χ2v) is 4.98. The first-order valence-corrected chi connectivity index (χ1v) is 6.65. The zero-order chi connectivity index (χ0) is 14.1. The fourth-order valence-corrected chi connectivity index (χ4v) is 2.14. The van der Waals surface area contributed by atoms with Crippen molar-refractivity contribution in [3.05, 3.63) is 52.5 Å². The Balaban J connectivity index is 2.03. The molecule has 5 heteroatoms. The summed E-state index contributed by atoms with van der Waals surface area (Å²) in [7, 11) is 0. The van der Waals surface area contributed by atoms with Crippen molar-refractivity contribution in [1.29, 1.82) is 0 Å². The minimum absolute atomic E-state index is 0.266. The maximum atomic E-state index is 5.32. The van der Waals surface area contributed by atoms with E-state index in [9.17, 15) is 0 Å². The molecule has 4 nitrogen and oxygen atoms in total. The van der Waals surface area contributed by atoms with Crippen LogP contribution in [0.1, 0.15) is 11.3 Å². The van der Waals surface area contributed by atoms with E-state index >= 15 is 0 Å². The standard InChI is InChI=1S/C15H13N3OS/c1-9-3-5-11(6-4-9)13-8-7-12(10(2)16-13)14-17-18-15(20)19-14/h3-8H,1-2H3,(H,18,20). The van der Waals surface area contributed by atoms with Crippen molar-refractivity contribution in [1.82, 2.24) is 15.2 Å². The summed E-state index contributed by atoms with van der Waals surface area (Å²) in [5.74, 6) is 0.468. The van der Waals surface area contributed by atoms with Gasteiger partial charge in [-0.15, -0.1) is 5.10 Å². The van der Waals surface area contributed by atoms with Crippen LogP contribution in [0.3, 0.4) is 0 Å². The van der Waals surface area contributed by atoms with Crippen LogP contribution in [0.25, 0.3) is 22.7 Å². The highest BCUT2D eigenvalue weighted by molar-refractivity contribution is 7.71. The molecule has 2 aromatic heterocycles. The van der Waals surface area contributed by atoms with Gasteiger partial charge in [0.05, 0.1) is 17.0 Å². The zero-order valence-corrected chi connectivity index (χ0v) is 12.0. The van der Waals surface area contributed by atoms with Crippen molar-refractivity contribution in [3.8, 4) is 22.7 Å². The molecule has 0 bridgehead atoms. The van der Waals surface area contributed by atoms with Gasteiger partial charge in [-0.05, 0) is 38.2 Å². The molecule has 0 radical (unpaired) electrons. The molecule has 0 aliphatic heterocycles. The topological polar surface area (TPSA) is 54.7 Å². The summed E-state index contributed by atoms with van der Waals surface area (Å²) >= 11 is 4.89. The van der Waals surface area contributed by atoms with Gasteiger partial charge in [0.15, 0.2) is 0 Å². The van der Waals surface area contributed by atoms with Gasteiger partial charge in [-0.2, -0.15) is 0 Å². The number of benzene rings is 1. The minimum Gasteiger partial charge on any atom is -0.409 e. The van der Waals surface area contributed by atoms with Gasteiger partial charge in [0.2, 0.25) is 5.89 Å². The Bertz CT molecular complexity index is 802. The van der Waals surface area contributed by atoms with E-state index in [-0.39, 0.29) is 4.84 Å². The smallest absolute Gasteiger partial charge is 0.284 e. The zero-order valence-electron chi connectivity index (χ0n) is 11.2. The number of aromatic amines is 1. The van der Waals surface area contributed by atoms with Crippen molar-refractivity contribution < 1.29 is 4.42 Å². The molecule has 0 aliphatic carbocycles. The van der Waals surface area contributed by atoms with Crippen LogP contribution in [0.2, 0.25) is 0 Å². The summed E-state index contributed by atoms with van der Waals surface area (Å²) in [6.45, 7) is 4.00. The van der Waals surface area contributed by atoms with Gasteiger partial charge in [-0.3, -0.25) is 4.98 Å². The van der Waals surface area contributed by atoms with Crippen LogP contribution >= 0.6 is 12.2 Å². The molecule has 0 fully saturated rings. The van der Waals surface area contributed by atoms with Crippen LogP contribution in [0.4, 0.5) is 0 Å². The second kappa shape index (κ2) is 5.02. The average Bonchev–Trinajstić information content (AvgIpc) is 2.86. The predicted molar refractivity (Wildman–Crippen MR) is 79.8 cm³/mol. The normalized spacial score (nSPS) is 10.7. The number of nitrogens with zero attached hydrogens (tertiary/aromatic N) is 2. The van der Waals surface area contributed by atoms with E-state index in [4.69, 9.17) is 16.6 Å². The average molecular weight is 283 g/mol. The molecule has 0 aliphatic rings. The molecular weight excluding hydrogens is 270 g/mol. The lowest BCUT2D eigenvalue weighted by Gasteiger charge is -2.05. The Morgan fingerprint density at radius 1 is 1.05 bits per heavy atom. The quantitative estimate of drug-likeness (QED) is 0.720. The maximum absolute atomic E-state index is 5.32. The monoisotopic (exact) mass is 283 g/mol. The van der Waals surface area contributed by atoms with E-state index in [0.717, 1.165) is 22.5 Å². The van der Waals surface area contributed by atoms with Gasteiger partial charge in [0, 0.05) is 5.56 Å². The lowest BCUT2D eigenvalue weighted by atomic mass is 10.1. The van der Waals surface area contributed by atoms with Gasteiger partial charge in [0.1, 0.15) is 0 Å². The lowest BCUT2D eigenvalue weighted by Crippen LogP contribution is -1.91. The molecule has 0 amide bonds. The van der Waals surface area contributed by atoms with Gasteiger partial charge in [-0.25, -0.2) is 5.10 Å². The fraction of sp³-hybridized carbons (Fsp3) is 0.133. The third kappa shape index (κ3) is 2.40. The van der Waals surface area contributed by atoms with E-state index in [1.165, 1.54) is 5.56 Å². The number of nitrogens with one attached hydrogen (secondary N) is 1. The maximum Gasteiger partial charge on any atom is 0.284 e. The Morgan fingerprint density at radius 2 is 1.80 bits per heavy atom. The van der Waals surface area contributed by atoms with Gasteiger partial charge >= 0.3 is 0 Å². The number of rotatable bonds is 2.